The van der Waals surface area contributed by atoms with Gasteiger partial charge in [0.25, 0.3) is 0 Å². The number of esters is 1. The van der Waals surface area contributed by atoms with E-state index < -0.39 is 49.1 Å². The van der Waals surface area contributed by atoms with E-state index in [9.17, 15) is 24.2 Å². The van der Waals surface area contributed by atoms with Gasteiger partial charge >= 0.3 is 12.0 Å². The lowest BCUT2D eigenvalue weighted by Crippen LogP contribution is -2.53. The summed E-state index contributed by atoms with van der Waals surface area (Å²) < 4.78 is 31.5. The zero-order valence-corrected chi connectivity index (χ0v) is 25.5. The van der Waals surface area contributed by atoms with Crippen LogP contribution in [0.5, 0.6) is 0 Å². The van der Waals surface area contributed by atoms with Crippen molar-refractivity contribution in [2.24, 2.45) is 0 Å². The summed E-state index contributed by atoms with van der Waals surface area (Å²) in [6.07, 6.45) is 6.71. The lowest BCUT2D eigenvalue weighted by Gasteiger charge is -2.37. The average Bonchev–Trinajstić information content (AvgIpc) is 3.22. The van der Waals surface area contributed by atoms with Gasteiger partial charge in [-0.1, -0.05) is 34.9 Å². The number of carbonyl (C=O) groups is 2. The number of hydrogen-bond acceptors (Lipinski definition) is 7. The number of amides is 2. The van der Waals surface area contributed by atoms with Gasteiger partial charge in [-0.15, -0.1) is 0 Å². The Kier molecular flexibility index (Phi) is 14.7. The van der Waals surface area contributed by atoms with E-state index in [0.717, 1.165) is 42.4 Å². The van der Waals surface area contributed by atoms with Crippen LogP contribution in [0.2, 0.25) is 0 Å². The van der Waals surface area contributed by atoms with Crippen molar-refractivity contribution >= 4 is 12.0 Å². The van der Waals surface area contributed by atoms with Crippen LogP contribution in [0.15, 0.2) is 47.0 Å². The van der Waals surface area contributed by atoms with Crippen molar-refractivity contribution in [3.05, 3.63) is 47.0 Å². The maximum Gasteiger partial charge on any atom is 0.326 e. The Labute approximate surface area is 244 Å². The monoisotopic (exact) mass is 580 g/mol. The zero-order chi connectivity index (χ0) is 30.5. The summed E-state index contributed by atoms with van der Waals surface area (Å²) in [5, 5.41) is 20.5. The molecule has 0 aromatic carbocycles. The van der Waals surface area contributed by atoms with Gasteiger partial charge in [-0.25, -0.2) is 9.18 Å². The van der Waals surface area contributed by atoms with Gasteiger partial charge in [-0.05, 0) is 73.6 Å². The van der Waals surface area contributed by atoms with Crippen LogP contribution >= 0.6 is 0 Å². The van der Waals surface area contributed by atoms with Gasteiger partial charge in [0.2, 0.25) is 0 Å². The van der Waals surface area contributed by atoms with E-state index in [1.165, 1.54) is 16.0 Å². The van der Waals surface area contributed by atoms with Crippen LogP contribution < -0.4 is 0 Å². The van der Waals surface area contributed by atoms with Crippen molar-refractivity contribution in [1.29, 1.82) is 0 Å². The number of aliphatic hydroxyl groups is 2. The Morgan fingerprint density at radius 2 is 1.80 bits per heavy atom. The summed E-state index contributed by atoms with van der Waals surface area (Å²) in [5.41, 5.74) is 3.76. The molecule has 0 aromatic rings. The highest BCUT2D eigenvalue weighted by atomic mass is 19.1. The molecule has 0 bridgehead atoms. The first kappa shape index (κ1) is 34.7. The first-order valence-electron chi connectivity index (χ1n) is 14.6. The summed E-state index contributed by atoms with van der Waals surface area (Å²) in [4.78, 5) is 27.6. The average molecular weight is 581 g/mol. The number of halogens is 1. The molecule has 10 heteroatoms. The van der Waals surface area contributed by atoms with Crippen LogP contribution in [0.3, 0.4) is 0 Å². The standard InChI is InChI=1S/C31H49FN2O7/c1-7-39-27(36)15-14-24(6)40-29-28(37)26(20-35)41-30(29)34-19-25(32)18-33(31(34)38)17-16-23(5)13-9-12-22(4)11-8-10-21(2)3/h10,12,16,19,24,26,28-30,35,37H,7-9,11,13-15,17-18,20H2,1-6H3. The molecule has 9 nitrogen and oxygen atoms in total. The molecule has 2 amide bonds. The number of allylic oxidation sites excluding steroid dienone is 5. The van der Waals surface area contributed by atoms with Crippen LogP contribution in [-0.4, -0.2) is 89.0 Å². The van der Waals surface area contributed by atoms with E-state index >= 15 is 0 Å². The Morgan fingerprint density at radius 3 is 2.44 bits per heavy atom. The minimum absolute atomic E-state index is 0.120. The zero-order valence-electron chi connectivity index (χ0n) is 25.5. The minimum atomic E-state index is -1.25. The predicted octanol–water partition coefficient (Wildman–Crippen LogP) is 5.15. The van der Waals surface area contributed by atoms with Crippen molar-refractivity contribution in [3.63, 3.8) is 0 Å². The van der Waals surface area contributed by atoms with E-state index in [1.807, 2.05) is 13.0 Å². The first-order chi connectivity index (χ1) is 19.5. The smallest absolute Gasteiger partial charge is 0.326 e. The second kappa shape index (κ2) is 17.4. The van der Waals surface area contributed by atoms with E-state index in [4.69, 9.17) is 14.2 Å². The third-order valence-corrected chi connectivity index (χ3v) is 7.11. The van der Waals surface area contributed by atoms with Crippen LogP contribution in [0.4, 0.5) is 9.18 Å². The molecule has 2 rings (SSSR count). The second-order valence-corrected chi connectivity index (χ2v) is 11.1. The number of carbonyl (C=O) groups excluding carboxylic acids is 2. The lowest BCUT2D eigenvalue weighted by atomic mass is 10.1. The largest absolute Gasteiger partial charge is 0.466 e. The van der Waals surface area contributed by atoms with E-state index in [-0.39, 0.29) is 32.1 Å². The molecule has 0 aromatic heterocycles. The van der Waals surface area contributed by atoms with E-state index in [2.05, 4.69) is 32.9 Å². The van der Waals surface area contributed by atoms with Crippen molar-refractivity contribution in [1.82, 2.24) is 9.80 Å². The summed E-state index contributed by atoms with van der Waals surface area (Å²) in [6, 6.07) is -0.492. The van der Waals surface area contributed by atoms with Gasteiger partial charge in [0.05, 0.1) is 25.9 Å². The molecular formula is C31H49FN2O7. The molecule has 1 saturated heterocycles. The molecule has 1 fully saturated rings. The van der Waals surface area contributed by atoms with Crippen LogP contribution in [-0.2, 0) is 19.0 Å². The quantitative estimate of drug-likeness (QED) is 0.192. The van der Waals surface area contributed by atoms with Crippen molar-refractivity contribution < 1.29 is 38.4 Å². The Bertz CT molecular complexity index is 989. The lowest BCUT2D eigenvalue weighted by molar-refractivity contribution is -0.145. The highest BCUT2D eigenvalue weighted by molar-refractivity contribution is 5.77. The third-order valence-electron chi connectivity index (χ3n) is 7.11. The molecule has 2 heterocycles. The maximum absolute atomic E-state index is 14.8. The Morgan fingerprint density at radius 1 is 1.15 bits per heavy atom. The van der Waals surface area contributed by atoms with E-state index in [1.54, 1.807) is 13.8 Å². The van der Waals surface area contributed by atoms with Crippen molar-refractivity contribution in [2.75, 3.05) is 26.3 Å². The number of hydrogen-bond donors (Lipinski definition) is 2. The van der Waals surface area contributed by atoms with Gasteiger partial charge in [0.1, 0.15) is 24.1 Å². The second-order valence-electron chi connectivity index (χ2n) is 11.1. The van der Waals surface area contributed by atoms with Crippen molar-refractivity contribution in [2.45, 2.75) is 111 Å². The molecule has 2 N–H and O–H groups in total. The molecule has 2 aliphatic heterocycles. The van der Waals surface area contributed by atoms with Crippen LogP contribution in [0.25, 0.3) is 0 Å². The fraction of sp³-hybridized carbons (Fsp3) is 0.677. The molecule has 5 unspecified atom stereocenters. The number of aliphatic hydroxyl groups excluding tert-OH is 2. The van der Waals surface area contributed by atoms with Gasteiger partial charge in [0.15, 0.2) is 6.23 Å². The fourth-order valence-electron chi connectivity index (χ4n) is 4.72. The van der Waals surface area contributed by atoms with Gasteiger partial charge in [-0.2, -0.15) is 0 Å². The molecule has 2 aliphatic rings. The first-order valence-corrected chi connectivity index (χ1v) is 14.6. The molecule has 5 atom stereocenters. The van der Waals surface area contributed by atoms with Gasteiger partial charge in [0, 0.05) is 19.2 Å². The highest BCUT2D eigenvalue weighted by Gasteiger charge is 2.50. The predicted molar refractivity (Wildman–Crippen MR) is 155 cm³/mol. The molecule has 0 radical (unpaired) electrons. The Hall–Kier alpha value is -2.53. The molecule has 41 heavy (non-hydrogen) atoms. The van der Waals surface area contributed by atoms with Gasteiger partial charge in [-0.3, -0.25) is 9.69 Å². The topological polar surface area (TPSA) is 109 Å². The molecule has 0 spiro atoms. The Balaban J connectivity index is 2.03. The molecular weight excluding hydrogens is 531 g/mol. The summed E-state index contributed by atoms with van der Waals surface area (Å²) >= 11 is 0. The maximum atomic E-state index is 14.8. The number of nitrogens with zero attached hydrogens (tertiary/aromatic N) is 2. The van der Waals surface area contributed by atoms with Crippen LogP contribution in [0, 0.1) is 0 Å². The van der Waals surface area contributed by atoms with Gasteiger partial charge < -0.3 is 29.3 Å². The number of rotatable bonds is 16. The van der Waals surface area contributed by atoms with E-state index in [0.29, 0.717) is 6.42 Å². The minimum Gasteiger partial charge on any atom is -0.466 e. The third kappa shape index (κ3) is 11.3. The summed E-state index contributed by atoms with van der Waals surface area (Å²) in [7, 11) is 0. The number of urea groups is 1. The number of ether oxygens (including phenoxy) is 3. The van der Waals surface area contributed by atoms with Crippen molar-refractivity contribution in [3.8, 4) is 0 Å². The normalized spacial score (nSPS) is 24.4. The SMILES string of the molecule is CCOC(=O)CCC(C)OC1C(O)C(CO)OC1N1C=C(F)CN(CC=C(C)CCC=C(C)CCC=C(C)C)C1=O. The van der Waals surface area contributed by atoms with Crippen LogP contribution in [0.1, 0.15) is 80.1 Å². The highest BCUT2D eigenvalue weighted by Crippen LogP contribution is 2.31. The molecule has 232 valence electrons. The molecule has 0 aliphatic carbocycles. The fourth-order valence-corrected chi connectivity index (χ4v) is 4.72. The molecule has 0 saturated carbocycles. The summed E-state index contributed by atoms with van der Waals surface area (Å²) in [6.45, 7) is 11.6. The summed E-state index contributed by atoms with van der Waals surface area (Å²) in [5.74, 6) is -0.901.